The van der Waals surface area contributed by atoms with Crippen LogP contribution in [0.25, 0.3) is 0 Å². The fourth-order valence-electron chi connectivity index (χ4n) is 15.5. The van der Waals surface area contributed by atoms with Crippen molar-refractivity contribution < 1.29 is 71.6 Å². The van der Waals surface area contributed by atoms with E-state index in [-0.39, 0.29) is 114 Å². The zero-order chi connectivity index (χ0) is 89.0. The van der Waals surface area contributed by atoms with Crippen molar-refractivity contribution in [2.75, 3.05) is 78.5 Å². The van der Waals surface area contributed by atoms with Gasteiger partial charge >= 0.3 is 35.8 Å². The summed E-state index contributed by atoms with van der Waals surface area (Å²) >= 11 is 0. The third kappa shape index (κ3) is 66.5. The number of amides is 3. The van der Waals surface area contributed by atoms with Crippen LogP contribution in [0.2, 0.25) is 0 Å². The molecule has 702 valence electrons. The Balaban J connectivity index is 3.37. The maximum Gasteiger partial charge on any atom is 0.306 e. The summed E-state index contributed by atoms with van der Waals surface area (Å²) in [6, 6.07) is 4.73. The zero-order valence-corrected chi connectivity index (χ0v) is 79.5. The number of benzene rings is 1. The Morgan fingerprint density at radius 1 is 0.240 bits per heavy atom. The number of ether oxygens (including phenoxy) is 6. The van der Waals surface area contributed by atoms with E-state index in [4.69, 9.17) is 28.4 Å². The number of carbonyl (C=O) groups excluding carboxylic acids is 9. The van der Waals surface area contributed by atoms with E-state index in [1.165, 1.54) is 0 Å². The Morgan fingerprint density at radius 2 is 0.430 bits per heavy atom. The van der Waals surface area contributed by atoms with Crippen molar-refractivity contribution in [2.45, 2.75) is 473 Å². The Morgan fingerprint density at radius 3 is 0.645 bits per heavy atom. The van der Waals surface area contributed by atoms with Crippen molar-refractivity contribution in [2.24, 2.45) is 0 Å². The minimum atomic E-state index is -0.414. The molecule has 0 radical (unpaired) electrons. The normalized spacial score (nSPS) is 12.6. The molecule has 21 nitrogen and oxygen atoms in total. The lowest BCUT2D eigenvalue weighted by Gasteiger charge is -2.23. The summed E-state index contributed by atoms with van der Waals surface area (Å²) in [6.45, 7) is 32.6. The molecule has 3 amide bonds. The third-order valence-electron chi connectivity index (χ3n) is 22.9. The van der Waals surface area contributed by atoms with E-state index >= 15 is 0 Å². The molecule has 0 aromatic heterocycles. The summed E-state index contributed by atoms with van der Waals surface area (Å²) in [5, 5.41) is 9.34. The SMILES string of the molecule is CCCCCC(CC)OC(=O)CCCCCCCCN(CCCCCCCCC(=O)OC(CC)CCCCC)CCCNC(=O)c1cc(C(=O)NCCCN(CCCCCCCCC(=O)OC(CC)CCCCC)CCCCCCCCC(=O)OC(CC)CCCCC)cc(C(=O)NCCCN(CCCC(=O)OC(C)C)CCCC(=O)OC(C)C)c1. The molecule has 4 atom stereocenters. The molecule has 0 saturated heterocycles. The van der Waals surface area contributed by atoms with Crippen molar-refractivity contribution in [1.29, 1.82) is 0 Å². The lowest BCUT2D eigenvalue weighted by atomic mass is 10.0. The molecule has 21 heteroatoms. The first-order chi connectivity index (χ1) is 58.6. The number of hydrogen-bond donors (Lipinski definition) is 3. The summed E-state index contributed by atoms with van der Waals surface area (Å²) in [5.74, 6) is -1.97. The van der Waals surface area contributed by atoms with E-state index in [0.29, 0.717) is 97.1 Å². The molecule has 0 heterocycles. The smallest absolute Gasteiger partial charge is 0.306 e. The lowest BCUT2D eigenvalue weighted by Crippen LogP contribution is -2.33. The van der Waals surface area contributed by atoms with E-state index < -0.39 is 5.91 Å². The standard InChI is InChI=1S/C100H182N6O15/c1-13-21-41-58-88(17-5)118-94(109)62-45-33-25-29-37-49-71-104(72-50-38-30-26-34-46-63-95(110)119-89(18-6)59-42-22-14-2)77-55-68-101-98(113)85-80-86(82-87(81-85)100(115)103-70-57-79-106(75-53-66-92(107)116-83(9)10)76-54-67-93(108)117-84(11)12)99(114)102-69-56-78-105(73-51-39-31-27-35-47-64-96(111)120-90(19-7)60-43-23-15-3)74-52-40-32-28-36-48-65-97(112)121-91(20-8)61-44-24-16-4/h80-84,88-91H,13-79H2,1-12H3,(H,101,113)(H,102,114)(H,103,115). The molecule has 121 heavy (non-hydrogen) atoms. The molecular weight excluding hydrogens is 1530 g/mol. The fourth-order valence-corrected chi connectivity index (χ4v) is 15.5. The topological polar surface area (TPSA) is 255 Å². The van der Waals surface area contributed by atoms with E-state index in [0.717, 1.165) is 322 Å². The van der Waals surface area contributed by atoms with Gasteiger partial charge < -0.3 is 59.1 Å². The second kappa shape index (κ2) is 79.0. The van der Waals surface area contributed by atoms with Crippen molar-refractivity contribution in [3.05, 3.63) is 34.9 Å². The number of nitrogens with one attached hydrogen (secondary N) is 3. The second-order valence-electron chi connectivity index (χ2n) is 35.0. The van der Waals surface area contributed by atoms with Gasteiger partial charge in [0.2, 0.25) is 0 Å². The van der Waals surface area contributed by atoms with Gasteiger partial charge in [-0.2, -0.15) is 0 Å². The van der Waals surface area contributed by atoms with Gasteiger partial charge in [0.1, 0.15) is 24.4 Å². The zero-order valence-electron chi connectivity index (χ0n) is 79.5. The number of rotatable bonds is 85. The summed E-state index contributed by atoms with van der Waals surface area (Å²) in [4.78, 5) is 126. The molecule has 1 rings (SSSR count). The average molecular weight is 1710 g/mol. The Bertz CT molecular complexity index is 2510. The monoisotopic (exact) mass is 1710 g/mol. The van der Waals surface area contributed by atoms with Gasteiger partial charge in [-0.3, -0.25) is 43.2 Å². The molecule has 0 aliphatic rings. The molecule has 0 aliphatic heterocycles. The van der Waals surface area contributed by atoms with E-state index in [1.807, 2.05) is 27.7 Å². The van der Waals surface area contributed by atoms with Crippen LogP contribution in [-0.2, 0) is 57.2 Å². The van der Waals surface area contributed by atoms with Crippen LogP contribution in [0, 0.1) is 0 Å². The van der Waals surface area contributed by atoms with Crippen LogP contribution in [0.5, 0.6) is 0 Å². The van der Waals surface area contributed by atoms with Crippen LogP contribution < -0.4 is 16.0 Å². The van der Waals surface area contributed by atoms with E-state index in [1.54, 1.807) is 18.2 Å². The summed E-state index contributed by atoms with van der Waals surface area (Å²) < 4.78 is 34.0. The van der Waals surface area contributed by atoms with Gasteiger partial charge in [0, 0.05) is 74.8 Å². The third-order valence-corrected chi connectivity index (χ3v) is 22.9. The minimum absolute atomic E-state index is 0.0199. The highest BCUT2D eigenvalue weighted by Crippen LogP contribution is 2.21. The van der Waals surface area contributed by atoms with Gasteiger partial charge in [0.15, 0.2) is 0 Å². The summed E-state index contributed by atoms with van der Waals surface area (Å²) in [6.07, 6.45) is 50.6. The van der Waals surface area contributed by atoms with Crippen LogP contribution >= 0.6 is 0 Å². The molecule has 0 bridgehead atoms. The lowest BCUT2D eigenvalue weighted by molar-refractivity contribution is -0.150. The largest absolute Gasteiger partial charge is 0.463 e. The molecule has 0 spiro atoms. The van der Waals surface area contributed by atoms with Gasteiger partial charge in [-0.1, -0.05) is 209 Å². The summed E-state index contributed by atoms with van der Waals surface area (Å²) in [5.41, 5.74) is 0.631. The number of carbonyl (C=O) groups is 9. The Labute approximate surface area is 738 Å². The fraction of sp³-hybridized carbons (Fsp3) is 0.850. The number of esters is 6. The molecule has 0 saturated carbocycles. The molecule has 0 fully saturated rings. The second-order valence-corrected chi connectivity index (χ2v) is 35.0. The van der Waals surface area contributed by atoms with Crippen LogP contribution in [0.3, 0.4) is 0 Å². The van der Waals surface area contributed by atoms with Crippen LogP contribution in [0.15, 0.2) is 18.2 Å². The first-order valence-corrected chi connectivity index (χ1v) is 50.0. The van der Waals surface area contributed by atoms with Gasteiger partial charge in [0.05, 0.1) is 12.2 Å². The maximum atomic E-state index is 14.4. The number of nitrogens with zero attached hydrogens (tertiary/aromatic N) is 3. The molecule has 0 aliphatic carbocycles. The quantitative estimate of drug-likeness (QED) is 0.0311. The highest BCUT2D eigenvalue weighted by Gasteiger charge is 2.22. The van der Waals surface area contributed by atoms with Crippen LogP contribution in [0.1, 0.15) is 467 Å². The average Bonchev–Trinajstić information content (AvgIpc) is 0.825. The first-order valence-electron chi connectivity index (χ1n) is 50.0. The van der Waals surface area contributed by atoms with E-state index in [9.17, 15) is 43.2 Å². The van der Waals surface area contributed by atoms with Gasteiger partial charge in [0.25, 0.3) is 17.7 Å². The van der Waals surface area contributed by atoms with Gasteiger partial charge in [-0.15, -0.1) is 0 Å². The van der Waals surface area contributed by atoms with Gasteiger partial charge in [-0.05, 0) is 265 Å². The Hall–Kier alpha value is -5.67. The van der Waals surface area contributed by atoms with Crippen molar-refractivity contribution in [1.82, 2.24) is 30.7 Å². The van der Waals surface area contributed by atoms with Crippen LogP contribution in [-0.4, -0.2) is 183 Å². The van der Waals surface area contributed by atoms with Crippen molar-refractivity contribution >= 4 is 53.5 Å². The molecular formula is C100H182N6O15. The highest BCUT2D eigenvalue weighted by atomic mass is 16.6. The predicted octanol–water partition coefficient (Wildman–Crippen LogP) is 22.9. The molecule has 3 N–H and O–H groups in total. The predicted molar refractivity (Wildman–Crippen MR) is 494 cm³/mol. The molecule has 1 aromatic carbocycles. The Kier molecular flexibility index (Phi) is 74.0. The van der Waals surface area contributed by atoms with Crippen molar-refractivity contribution in [3.8, 4) is 0 Å². The molecule has 4 unspecified atom stereocenters. The van der Waals surface area contributed by atoms with Crippen molar-refractivity contribution in [3.63, 3.8) is 0 Å². The maximum absolute atomic E-state index is 14.4. The first kappa shape index (κ1) is 113. The number of unbranched alkanes of at least 4 members (excludes halogenated alkanes) is 28. The summed E-state index contributed by atoms with van der Waals surface area (Å²) in [7, 11) is 0. The van der Waals surface area contributed by atoms with Crippen LogP contribution in [0.4, 0.5) is 0 Å². The highest BCUT2D eigenvalue weighted by molar-refractivity contribution is 6.04. The van der Waals surface area contributed by atoms with E-state index in [2.05, 4.69) is 86.0 Å². The van der Waals surface area contributed by atoms with Gasteiger partial charge in [-0.25, -0.2) is 0 Å². The number of hydrogen-bond acceptors (Lipinski definition) is 18. The minimum Gasteiger partial charge on any atom is -0.463 e. The molecule has 1 aromatic rings.